The molecule has 4 nitrogen and oxygen atoms in total. The second kappa shape index (κ2) is 6.94. The van der Waals surface area contributed by atoms with Gasteiger partial charge in [0.25, 0.3) is 0 Å². The predicted molar refractivity (Wildman–Crippen MR) is 71.3 cm³/mol. The molecule has 1 N–H and O–H groups in total. The average molecular weight is 303 g/mol. The number of aromatic nitrogens is 2. The van der Waals surface area contributed by atoms with E-state index in [1.807, 2.05) is 0 Å². The molecule has 1 aromatic rings. The van der Waals surface area contributed by atoms with Crippen molar-refractivity contribution >= 4 is 0 Å². The van der Waals surface area contributed by atoms with Gasteiger partial charge >= 0.3 is 6.18 Å². The highest BCUT2D eigenvalue weighted by atomic mass is 19.4. The van der Waals surface area contributed by atoms with Gasteiger partial charge in [-0.1, -0.05) is 0 Å². The van der Waals surface area contributed by atoms with E-state index in [1.165, 1.54) is 10.9 Å². The monoisotopic (exact) mass is 303 g/mol. The lowest BCUT2D eigenvalue weighted by Gasteiger charge is -2.14. The van der Waals surface area contributed by atoms with Crippen molar-refractivity contribution < 1.29 is 18.3 Å². The Labute approximate surface area is 122 Å². The van der Waals surface area contributed by atoms with Crippen LogP contribution in [0.3, 0.4) is 0 Å². The van der Waals surface area contributed by atoms with Crippen LogP contribution in [0.2, 0.25) is 0 Å². The molecule has 0 atom stereocenters. The van der Waals surface area contributed by atoms with Crippen LogP contribution in [-0.2, 0) is 19.1 Å². The van der Waals surface area contributed by atoms with Crippen LogP contribution in [0.15, 0.2) is 6.20 Å². The molecule has 0 fully saturated rings. The molecule has 1 aromatic heterocycles. The lowest BCUT2D eigenvalue weighted by molar-refractivity contribution is -0.142. The Hall–Kier alpha value is -1.55. The Kier molecular flexibility index (Phi) is 5.78. The summed E-state index contributed by atoms with van der Waals surface area (Å²) in [6.45, 7) is 3.78. The smallest absolute Gasteiger partial charge is 0.396 e. The van der Waals surface area contributed by atoms with Gasteiger partial charge in [-0.2, -0.15) is 23.5 Å². The van der Waals surface area contributed by atoms with E-state index in [1.54, 1.807) is 13.8 Å². The molecule has 118 valence electrons. The maximum Gasteiger partial charge on any atom is 0.435 e. The highest BCUT2D eigenvalue weighted by molar-refractivity contribution is 5.20. The minimum absolute atomic E-state index is 0.107. The molecule has 0 aliphatic heterocycles. The Balaban J connectivity index is 2.76. The van der Waals surface area contributed by atoms with Gasteiger partial charge in [-0.15, -0.1) is 0 Å². The Morgan fingerprint density at radius 3 is 2.52 bits per heavy atom. The van der Waals surface area contributed by atoms with Gasteiger partial charge in [0.1, 0.15) is 0 Å². The third-order valence-corrected chi connectivity index (χ3v) is 3.20. The maximum absolute atomic E-state index is 12.9. The number of hydrogen-bond donors (Lipinski definition) is 1. The van der Waals surface area contributed by atoms with Crippen molar-refractivity contribution in [2.45, 2.75) is 52.3 Å². The van der Waals surface area contributed by atoms with Crippen LogP contribution in [0.5, 0.6) is 0 Å². The summed E-state index contributed by atoms with van der Waals surface area (Å²) in [6, 6.07) is 2.16. The van der Waals surface area contributed by atoms with E-state index in [-0.39, 0.29) is 25.0 Å². The average Bonchev–Trinajstić information content (AvgIpc) is 2.79. The molecule has 0 amide bonds. The number of alkyl halides is 3. The zero-order valence-electron chi connectivity index (χ0n) is 12.2. The summed E-state index contributed by atoms with van der Waals surface area (Å²) in [5, 5.41) is 21.3. The molecule has 1 rings (SSSR count). The third kappa shape index (κ3) is 5.38. The molecule has 0 saturated heterocycles. The van der Waals surface area contributed by atoms with E-state index in [9.17, 15) is 13.2 Å². The van der Waals surface area contributed by atoms with E-state index in [0.29, 0.717) is 19.4 Å². The van der Waals surface area contributed by atoms with Crippen LogP contribution in [0, 0.1) is 16.7 Å². The first-order chi connectivity index (χ1) is 9.69. The van der Waals surface area contributed by atoms with Gasteiger partial charge in [0, 0.05) is 24.9 Å². The lowest BCUT2D eigenvalue weighted by atomic mass is 9.90. The molecular weight excluding hydrogens is 283 g/mol. The predicted octanol–water partition coefficient (Wildman–Crippen LogP) is 3.16. The molecular formula is C14H20F3N3O. The van der Waals surface area contributed by atoms with Crippen molar-refractivity contribution in [3.63, 3.8) is 0 Å². The van der Waals surface area contributed by atoms with E-state index in [2.05, 4.69) is 11.2 Å². The van der Waals surface area contributed by atoms with E-state index in [4.69, 9.17) is 10.4 Å². The lowest BCUT2D eigenvalue weighted by Crippen LogP contribution is -2.12. The number of rotatable bonds is 7. The van der Waals surface area contributed by atoms with Gasteiger partial charge in [-0.3, -0.25) is 4.68 Å². The van der Waals surface area contributed by atoms with E-state index >= 15 is 0 Å². The fourth-order valence-corrected chi connectivity index (χ4v) is 2.01. The standard InChI is InChI=1S/C14H20F3N3O/c1-13(2,10-18)6-4-7-20-9-11(5-3-8-21)12(19-20)14(15,16)17/h9,21H,3-8H2,1-2H3. The van der Waals surface area contributed by atoms with Gasteiger partial charge in [-0.25, -0.2) is 0 Å². The third-order valence-electron chi connectivity index (χ3n) is 3.20. The number of nitriles is 1. The second-order valence-electron chi connectivity index (χ2n) is 5.69. The van der Waals surface area contributed by atoms with Crippen LogP contribution < -0.4 is 0 Å². The number of aliphatic hydroxyl groups is 1. The summed E-state index contributed by atoms with van der Waals surface area (Å²) in [6.07, 6.45) is -1.50. The summed E-state index contributed by atoms with van der Waals surface area (Å²) in [4.78, 5) is 0. The van der Waals surface area contributed by atoms with Crippen LogP contribution in [-0.4, -0.2) is 21.5 Å². The molecule has 0 saturated carbocycles. The van der Waals surface area contributed by atoms with Gasteiger partial charge in [0.2, 0.25) is 0 Å². The van der Waals surface area contributed by atoms with Gasteiger partial charge < -0.3 is 5.11 Å². The van der Waals surface area contributed by atoms with E-state index < -0.39 is 17.3 Å². The van der Waals surface area contributed by atoms with Crippen LogP contribution in [0.25, 0.3) is 0 Å². The van der Waals surface area contributed by atoms with Gasteiger partial charge in [-0.05, 0) is 39.5 Å². The molecule has 0 radical (unpaired) electrons. The topological polar surface area (TPSA) is 61.8 Å². The number of nitrogens with zero attached hydrogens (tertiary/aromatic N) is 3. The van der Waals surface area contributed by atoms with E-state index in [0.717, 1.165) is 0 Å². The quantitative estimate of drug-likeness (QED) is 0.841. The van der Waals surface area contributed by atoms with Gasteiger partial charge in [0.05, 0.1) is 11.5 Å². The fraction of sp³-hybridized carbons (Fsp3) is 0.714. The van der Waals surface area contributed by atoms with Crippen molar-refractivity contribution in [3.05, 3.63) is 17.5 Å². The summed E-state index contributed by atoms with van der Waals surface area (Å²) < 4.78 is 39.9. The molecule has 0 unspecified atom stereocenters. The highest BCUT2D eigenvalue weighted by Gasteiger charge is 2.36. The minimum atomic E-state index is -4.48. The minimum Gasteiger partial charge on any atom is -0.396 e. The SMILES string of the molecule is CC(C)(C#N)CCCn1cc(CCCO)c(C(F)(F)F)n1. The summed E-state index contributed by atoms with van der Waals surface area (Å²) >= 11 is 0. The zero-order chi connectivity index (χ0) is 16.1. The highest BCUT2D eigenvalue weighted by Crippen LogP contribution is 2.31. The second-order valence-corrected chi connectivity index (χ2v) is 5.69. The molecule has 1 heterocycles. The van der Waals surface area contributed by atoms with Crippen molar-refractivity contribution in [1.82, 2.24) is 9.78 Å². The zero-order valence-corrected chi connectivity index (χ0v) is 12.2. The molecule has 7 heteroatoms. The Bertz CT molecular complexity index is 501. The van der Waals surface area contributed by atoms with Crippen LogP contribution in [0.4, 0.5) is 13.2 Å². The fourth-order valence-electron chi connectivity index (χ4n) is 2.01. The number of halogens is 3. The first-order valence-corrected chi connectivity index (χ1v) is 6.85. The van der Waals surface area contributed by atoms with Crippen molar-refractivity contribution in [2.75, 3.05) is 6.61 Å². The molecule has 0 aliphatic carbocycles. The normalized spacial score (nSPS) is 12.4. The Morgan fingerprint density at radius 2 is 2.00 bits per heavy atom. The van der Waals surface area contributed by atoms with Crippen LogP contribution in [0.1, 0.15) is 44.4 Å². The number of aliphatic hydroxyl groups excluding tert-OH is 1. The van der Waals surface area contributed by atoms with Gasteiger partial charge in [0.15, 0.2) is 5.69 Å². The number of aryl methyl sites for hydroxylation is 2. The van der Waals surface area contributed by atoms with Crippen molar-refractivity contribution in [3.8, 4) is 6.07 Å². The molecule has 0 aliphatic rings. The Morgan fingerprint density at radius 1 is 1.33 bits per heavy atom. The summed E-state index contributed by atoms with van der Waals surface area (Å²) in [7, 11) is 0. The molecule has 0 aromatic carbocycles. The maximum atomic E-state index is 12.9. The molecule has 21 heavy (non-hydrogen) atoms. The first-order valence-electron chi connectivity index (χ1n) is 6.85. The summed E-state index contributed by atoms with van der Waals surface area (Å²) in [5.41, 5.74) is -1.26. The van der Waals surface area contributed by atoms with Crippen molar-refractivity contribution in [1.29, 1.82) is 5.26 Å². The summed E-state index contributed by atoms with van der Waals surface area (Å²) in [5.74, 6) is 0. The van der Waals surface area contributed by atoms with Crippen molar-refractivity contribution in [2.24, 2.45) is 5.41 Å². The molecule has 0 bridgehead atoms. The largest absolute Gasteiger partial charge is 0.435 e. The molecule has 0 spiro atoms. The van der Waals surface area contributed by atoms with Crippen LogP contribution >= 0.6 is 0 Å². The first kappa shape index (κ1) is 17.5. The number of hydrogen-bond acceptors (Lipinski definition) is 3.